The molecule has 0 unspecified atom stereocenters. The Balaban J connectivity index is 1.73. The summed E-state index contributed by atoms with van der Waals surface area (Å²) in [6, 6.07) is 11.9. The molecule has 4 rings (SSSR count). The van der Waals surface area contributed by atoms with Crippen LogP contribution in [0.1, 0.15) is 35.1 Å². The van der Waals surface area contributed by atoms with Crippen LogP contribution in [-0.4, -0.2) is 26.4 Å². The molecule has 0 fully saturated rings. The Morgan fingerprint density at radius 1 is 0.920 bits per heavy atom. The van der Waals surface area contributed by atoms with Crippen LogP contribution in [0.3, 0.4) is 0 Å². The van der Waals surface area contributed by atoms with Crippen molar-refractivity contribution in [3.8, 4) is 5.75 Å². The minimum atomic E-state index is -3.57. The van der Waals surface area contributed by atoms with Gasteiger partial charge in [-0.15, -0.1) is 0 Å². The summed E-state index contributed by atoms with van der Waals surface area (Å²) in [6.45, 7) is 0.943. The van der Waals surface area contributed by atoms with Gasteiger partial charge >= 0.3 is 0 Å². The van der Waals surface area contributed by atoms with Crippen molar-refractivity contribution in [2.24, 2.45) is 0 Å². The third kappa shape index (κ3) is 2.96. The number of hydrogen-bond donors (Lipinski definition) is 0. The first-order valence-corrected chi connectivity index (χ1v) is 10.3. The van der Waals surface area contributed by atoms with Gasteiger partial charge in [-0.1, -0.05) is 24.3 Å². The predicted molar refractivity (Wildman–Crippen MR) is 97.4 cm³/mol. The van der Waals surface area contributed by atoms with Crippen LogP contribution in [0.4, 0.5) is 0 Å². The smallest absolute Gasteiger partial charge is 0.247 e. The summed E-state index contributed by atoms with van der Waals surface area (Å²) in [4.78, 5) is 0.315. The fourth-order valence-electron chi connectivity index (χ4n) is 3.92. The number of nitrogens with zero attached hydrogens (tertiary/aromatic N) is 1. The molecule has 0 N–H and O–H groups in total. The zero-order chi connectivity index (χ0) is 17.4. The van der Waals surface area contributed by atoms with E-state index in [9.17, 15) is 8.42 Å². The van der Waals surface area contributed by atoms with E-state index in [1.165, 1.54) is 11.1 Å². The van der Waals surface area contributed by atoms with E-state index in [2.05, 4.69) is 6.07 Å². The summed E-state index contributed by atoms with van der Waals surface area (Å²) < 4.78 is 33.7. The summed E-state index contributed by atoms with van der Waals surface area (Å²) in [7, 11) is -2.02. The Hall–Kier alpha value is -1.85. The first kappa shape index (κ1) is 16.6. The molecule has 2 aromatic rings. The number of fused-ring (bicyclic) bond motifs is 2. The molecule has 4 nitrogen and oxygen atoms in total. The van der Waals surface area contributed by atoms with Gasteiger partial charge < -0.3 is 4.74 Å². The second kappa shape index (κ2) is 6.46. The molecule has 0 aromatic heterocycles. The lowest BCUT2D eigenvalue weighted by Crippen LogP contribution is -2.36. The van der Waals surface area contributed by atoms with E-state index in [1.54, 1.807) is 11.4 Å². The number of benzene rings is 2. The minimum absolute atomic E-state index is 0.315. The van der Waals surface area contributed by atoms with Crippen molar-refractivity contribution in [3.63, 3.8) is 0 Å². The van der Waals surface area contributed by atoms with Crippen LogP contribution in [0.2, 0.25) is 0 Å². The van der Waals surface area contributed by atoms with Crippen LogP contribution in [0, 0.1) is 0 Å². The van der Waals surface area contributed by atoms with Crippen molar-refractivity contribution >= 4 is 10.0 Å². The third-order valence-electron chi connectivity index (χ3n) is 5.34. The van der Waals surface area contributed by atoms with E-state index in [1.807, 2.05) is 30.3 Å². The van der Waals surface area contributed by atoms with Gasteiger partial charge in [0.2, 0.25) is 10.0 Å². The monoisotopic (exact) mass is 357 g/mol. The number of methoxy groups -OCH3 is 1. The van der Waals surface area contributed by atoms with E-state index in [0.29, 0.717) is 23.7 Å². The Morgan fingerprint density at radius 2 is 1.60 bits per heavy atom. The van der Waals surface area contributed by atoms with Crippen LogP contribution in [0.25, 0.3) is 0 Å². The SMILES string of the molecule is COc1cc2c(cc1S(=O)(=O)N1CCc3ccccc3C1)CCCC2. The van der Waals surface area contributed by atoms with E-state index >= 15 is 0 Å². The third-order valence-corrected chi connectivity index (χ3v) is 7.21. The van der Waals surface area contributed by atoms with Crippen molar-refractivity contribution < 1.29 is 13.2 Å². The van der Waals surface area contributed by atoms with Crippen molar-refractivity contribution in [1.29, 1.82) is 0 Å². The first-order valence-electron chi connectivity index (χ1n) is 8.86. The number of sulfonamides is 1. The molecule has 0 saturated carbocycles. The average Bonchev–Trinajstić information content (AvgIpc) is 2.66. The van der Waals surface area contributed by atoms with Gasteiger partial charge in [0.25, 0.3) is 0 Å². The van der Waals surface area contributed by atoms with Crippen LogP contribution in [-0.2, 0) is 35.8 Å². The van der Waals surface area contributed by atoms with Crippen LogP contribution in [0.5, 0.6) is 5.75 Å². The van der Waals surface area contributed by atoms with E-state index in [-0.39, 0.29) is 0 Å². The number of aryl methyl sites for hydroxylation is 2. The molecule has 25 heavy (non-hydrogen) atoms. The molecule has 0 saturated heterocycles. The predicted octanol–water partition coefficient (Wildman–Crippen LogP) is 3.32. The number of hydrogen-bond acceptors (Lipinski definition) is 3. The maximum atomic E-state index is 13.3. The molecule has 0 amide bonds. The van der Waals surface area contributed by atoms with Gasteiger partial charge in [0, 0.05) is 13.1 Å². The second-order valence-electron chi connectivity index (χ2n) is 6.84. The van der Waals surface area contributed by atoms with Gasteiger partial charge in [-0.05, 0) is 66.5 Å². The highest BCUT2D eigenvalue weighted by Crippen LogP contribution is 2.35. The first-order chi connectivity index (χ1) is 12.1. The maximum Gasteiger partial charge on any atom is 0.247 e. The van der Waals surface area contributed by atoms with E-state index < -0.39 is 10.0 Å². The summed E-state index contributed by atoms with van der Waals surface area (Å²) >= 11 is 0. The summed E-state index contributed by atoms with van der Waals surface area (Å²) in [6.07, 6.45) is 4.98. The Bertz CT molecular complexity index is 905. The molecule has 0 atom stereocenters. The molecule has 5 heteroatoms. The summed E-state index contributed by atoms with van der Waals surface area (Å²) in [5.74, 6) is 0.472. The lowest BCUT2D eigenvalue weighted by molar-refractivity contribution is 0.377. The van der Waals surface area contributed by atoms with E-state index in [0.717, 1.165) is 43.2 Å². The fraction of sp³-hybridized carbons (Fsp3) is 0.400. The Labute approximate surface area is 149 Å². The van der Waals surface area contributed by atoms with Gasteiger partial charge in [0.05, 0.1) is 7.11 Å². The van der Waals surface area contributed by atoms with Crippen molar-refractivity contribution in [2.75, 3.05) is 13.7 Å². The molecule has 0 bridgehead atoms. The lowest BCUT2D eigenvalue weighted by atomic mass is 9.92. The molecule has 2 aliphatic rings. The Kier molecular flexibility index (Phi) is 4.29. The van der Waals surface area contributed by atoms with Crippen LogP contribution >= 0.6 is 0 Å². The van der Waals surface area contributed by atoms with Gasteiger partial charge in [-0.2, -0.15) is 4.31 Å². The molecule has 0 spiro atoms. The fourth-order valence-corrected chi connectivity index (χ4v) is 5.52. The lowest BCUT2D eigenvalue weighted by Gasteiger charge is -2.29. The largest absolute Gasteiger partial charge is 0.495 e. The van der Waals surface area contributed by atoms with Crippen molar-refractivity contribution in [3.05, 3.63) is 58.7 Å². The molecule has 1 aliphatic heterocycles. The summed E-state index contributed by atoms with van der Waals surface area (Å²) in [5, 5.41) is 0. The zero-order valence-electron chi connectivity index (χ0n) is 14.5. The zero-order valence-corrected chi connectivity index (χ0v) is 15.3. The van der Waals surface area contributed by atoms with Gasteiger partial charge in [0.15, 0.2) is 0 Å². The molecule has 1 heterocycles. The summed E-state index contributed by atoms with van der Waals surface area (Å²) in [5.41, 5.74) is 4.72. The molecule has 0 radical (unpaired) electrons. The standard InChI is InChI=1S/C20H23NO3S/c1-24-19-12-16-7-3-4-8-17(16)13-20(19)25(22,23)21-11-10-15-6-2-5-9-18(15)14-21/h2,5-6,9,12-13H,3-4,7-8,10-11,14H2,1H3. The highest BCUT2D eigenvalue weighted by atomic mass is 32.2. The number of ether oxygens (including phenoxy) is 1. The molecule has 2 aromatic carbocycles. The second-order valence-corrected chi connectivity index (χ2v) is 8.74. The molecule has 132 valence electrons. The molecular formula is C20H23NO3S. The highest BCUT2D eigenvalue weighted by Gasteiger charge is 2.31. The molecule has 1 aliphatic carbocycles. The van der Waals surface area contributed by atoms with Gasteiger partial charge in [0.1, 0.15) is 10.6 Å². The quantitative estimate of drug-likeness (QED) is 0.847. The Morgan fingerprint density at radius 3 is 2.32 bits per heavy atom. The topological polar surface area (TPSA) is 46.6 Å². The van der Waals surface area contributed by atoms with Gasteiger partial charge in [-0.25, -0.2) is 8.42 Å². The van der Waals surface area contributed by atoms with Crippen molar-refractivity contribution in [2.45, 2.75) is 43.5 Å². The van der Waals surface area contributed by atoms with Crippen molar-refractivity contribution in [1.82, 2.24) is 4.31 Å². The normalized spacial score (nSPS) is 17.6. The van der Waals surface area contributed by atoms with Crippen LogP contribution in [0.15, 0.2) is 41.3 Å². The maximum absolute atomic E-state index is 13.3. The van der Waals surface area contributed by atoms with Gasteiger partial charge in [-0.3, -0.25) is 0 Å². The van der Waals surface area contributed by atoms with Crippen LogP contribution < -0.4 is 4.74 Å². The molecular weight excluding hydrogens is 334 g/mol. The minimum Gasteiger partial charge on any atom is -0.495 e. The van der Waals surface area contributed by atoms with E-state index in [4.69, 9.17) is 4.74 Å². The number of rotatable bonds is 3. The highest BCUT2D eigenvalue weighted by molar-refractivity contribution is 7.89. The average molecular weight is 357 g/mol.